The fourth-order valence-electron chi connectivity index (χ4n) is 1.08. The van der Waals surface area contributed by atoms with Gasteiger partial charge in [-0.3, -0.25) is 0 Å². The summed E-state index contributed by atoms with van der Waals surface area (Å²) < 4.78 is 0. The summed E-state index contributed by atoms with van der Waals surface area (Å²) in [6.07, 6.45) is 8.01. The molecule has 1 aromatic rings. The number of para-hydroxylation sites is 1. The molecule has 0 fully saturated rings. The van der Waals surface area contributed by atoms with Crippen LogP contribution in [0.1, 0.15) is 13.8 Å². The number of hydrogen-bond donors (Lipinski definition) is 0. The molecule has 0 amide bonds. The molecule has 0 aliphatic heterocycles. The lowest BCUT2D eigenvalue weighted by Crippen LogP contribution is -2.05. The highest BCUT2D eigenvalue weighted by Crippen LogP contribution is 2.12. The molecule has 0 aliphatic rings. The van der Waals surface area contributed by atoms with Gasteiger partial charge in [0.2, 0.25) is 0 Å². The Morgan fingerprint density at radius 2 is 1.85 bits per heavy atom. The van der Waals surface area contributed by atoms with Crippen molar-refractivity contribution in [3.63, 3.8) is 0 Å². The first-order chi connectivity index (χ1) is 6.38. The predicted molar refractivity (Wildman–Crippen MR) is 57.4 cm³/mol. The third kappa shape index (κ3) is 2.79. The number of anilines is 1. The van der Waals surface area contributed by atoms with Crippen LogP contribution in [0.15, 0.2) is 48.8 Å². The minimum absolute atomic E-state index is 1.05. The van der Waals surface area contributed by atoms with Gasteiger partial charge in [-0.05, 0) is 19.9 Å². The minimum atomic E-state index is 1.05. The normalized spacial score (nSPS) is 11.2. The van der Waals surface area contributed by atoms with Crippen molar-refractivity contribution >= 4 is 5.69 Å². The first kappa shape index (κ1) is 9.59. The van der Waals surface area contributed by atoms with E-state index in [0.29, 0.717) is 0 Å². The van der Waals surface area contributed by atoms with Crippen molar-refractivity contribution in [2.45, 2.75) is 13.8 Å². The third-order valence-corrected chi connectivity index (χ3v) is 1.59. The molecule has 0 N–H and O–H groups in total. The summed E-state index contributed by atoms with van der Waals surface area (Å²) in [6.45, 7) is 4.00. The summed E-state index contributed by atoms with van der Waals surface area (Å²) in [6, 6.07) is 11.1. The Morgan fingerprint density at radius 1 is 1.15 bits per heavy atom. The van der Waals surface area contributed by atoms with Crippen LogP contribution in [0.5, 0.6) is 0 Å². The van der Waals surface area contributed by atoms with E-state index in [1.54, 1.807) is 0 Å². The first-order valence-corrected chi connectivity index (χ1v) is 4.39. The summed E-state index contributed by atoms with van der Waals surface area (Å²) in [5.41, 5.74) is 1.05. The highest BCUT2D eigenvalue weighted by molar-refractivity contribution is 5.50. The van der Waals surface area contributed by atoms with Crippen LogP contribution in [-0.2, 0) is 0 Å². The summed E-state index contributed by atoms with van der Waals surface area (Å²) in [5.74, 6) is 0. The molecular weight excluding hydrogens is 158 g/mol. The predicted octanol–water partition coefficient (Wildman–Crippen LogP) is 3.36. The molecule has 0 aromatic heterocycles. The summed E-state index contributed by atoms with van der Waals surface area (Å²) in [5, 5.41) is 0. The van der Waals surface area contributed by atoms with Crippen LogP contribution in [0.2, 0.25) is 0 Å². The van der Waals surface area contributed by atoms with Gasteiger partial charge in [0.1, 0.15) is 0 Å². The highest BCUT2D eigenvalue weighted by Gasteiger charge is 1.95. The van der Waals surface area contributed by atoms with Crippen LogP contribution < -0.4 is 4.90 Å². The third-order valence-electron chi connectivity index (χ3n) is 1.59. The van der Waals surface area contributed by atoms with Crippen molar-refractivity contribution < 1.29 is 0 Å². The molecule has 1 rings (SSSR count). The second kappa shape index (κ2) is 5.20. The Balaban J connectivity index is 2.88. The summed E-state index contributed by atoms with van der Waals surface area (Å²) in [4.78, 5) is 2.03. The maximum Gasteiger partial charge on any atom is 0.0528 e. The van der Waals surface area contributed by atoms with Crippen molar-refractivity contribution in [1.29, 1.82) is 0 Å². The number of hydrogen-bond acceptors (Lipinski definition) is 1. The summed E-state index contributed by atoms with van der Waals surface area (Å²) >= 11 is 0. The lowest BCUT2D eigenvalue weighted by atomic mass is 10.3. The molecule has 67 valence electrons. The maximum atomic E-state index is 3.16. The van der Waals surface area contributed by atoms with E-state index in [2.05, 4.69) is 6.07 Å². The fourth-order valence-corrected chi connectivity index (χ4v) is 1.08. The molecule has 1 nitrogen and oxygen atoms in total. The van der Waals surface area contributed by atoms with Gasteiger partial charge in [0, 0.05) is 18.5 Å². The van der Waals surface area contributed by atoms with Gasteiger partial charge < -0.3 is 4.90 Å². The molecule has 0 saturated carbocycles. The van der Waals surface area contributed by atoms with E-state index in [9.17, 15) is 0 Å². The molecule has 0 saturated heterocycles. The number of rotatable bonds is 3. The van der Waals surface area contributed by atoms with E-state index in [1.807, 2.05) is 67.6 Å². The van der Waals surface area contributed by atoms with Crippen molar-refractivity contribution in [2.75, 3.05) is 4.90 Å². The smallest absolute Gasteiger partial charge is 0.0528 e. The Hall–Kier alpha value is -1.50. The topological polar surface area (TPSA) is 3.24 Å². The van der Waals surface area contributed by atoms with E-state index in [-0.39, 0.29) is 0 Å². The van der Waals surface area contributed by atoms with Gasteiger partial charge in [-0.25, -0.2) is 0 Å². The number of benzene rings is 1. The first-order valence-electron chi connectivity index (χ1n) is 4.39. The lowest BCUT2D eigenvalue weighted by molar-refractivity contribution is 1.26. The van der Waals surface area contributed by atoms with Crippen LogP contribution in [0.4, 0.5) is 5.69 Å². The average Bonchev–Trinajstić information content (AvgIpc) is 2.19. The van der Waals surface area contributed by atoms with Gasteiger partial charge in [0.25, 0.3) is 0 Å². The number of nitrogens with zero attached hydrogens (tertiary/aromatic N) is 1. The van der Waals surface area contributed by atoms with E-state index in [0.717, 1.165) is 5.69 Å². The number of allylic oxidation sites excluding steroid dienone is 2. The second-order valence-electron chi connectivity index (χ2n) is 2.62. The van der Waals surface area contributed by atoms with E-state index in [1.165, 1.54) is 0 Å². The van der Waals surface area contributed by atoms with Crippen molar-refractivity contribution in [3.05, 3.63) is 54.9 Å². The average molecular weight is 172 g/mol. The zero-order valence-electron chi connectivity index (χ0n) is 8.07. The Bertz CT molecular complexity index is 273. The van der Waals surface area contributed by atoms with Crippen molar-refractivity contribution in [3.8, 4) is 0 Å². The molecule has 1 heteroatoms. The van der Waals surface area contributed by atoms with Gasteiger partial charge in [0.15, 0.2) is 0 Å². The van der Waals surface area contributed by atoms with E-state index < -0.39 is 0 Å². The van der Waals surface area contributed by atoms with Gasteiger partial charge in [-0.1, -0.05) is 30.4 Å². The largest absolute Gasteiger partial charge is 0.324 e. The van der Waals surface area contributed by atoms with Crippen LogP contribution in [0.25, 0.3) is 0 Å². The standard InChI is InChI=1S/C12H14N/c1-3-10-13(11-4-2)12-8-6-5-7-9-12/h3-8,10-11H,1-2H3/b10-3-,11-4-. The minimum Gasteiger partial charge on any atom is -0.324 e. The molecule has 0 atom stereocenters. The zero-order chi connectivity index (χ0) is 9.52. The van der Waals surface area contributed by atoms with Crippen LogP contribution >= 0.6 is 0 Å². The Kier molecular flexibility index (Phi) is 3.83. The molecule has 0 heterocycles. The molecule has 1 aromatic carbocycles. The highest BCUT2D eigenvalue weighted by atomic mass is 15.1. The maximum absolute atomic E-state index is 3.16. The molecule has 13 heavy (non-hydrogen) atoms. The quantitative estimate of drug-likeness (QED) is 0.675. The van der Waals surface area contributed by atoms with Gasteiger partial charge in [-0.2, -0.15) is 0 Å². The lowest BCUT2D eigenvalue weighted by Gasteiger charge is -2.14. The molecule has 0 aliphatic carbocycles. The van der Waals surface area contributed by atoms with Gasteiger partial charge in [-0.15, -0.1) is 0 Å². The fraction of sp³-hybridized carbons (Fsp3) is 0.167. The van der Waals surface area contributed by atoms with E-state index >= 15 is 0 Å². The molecule has 1 radical (unpaired) electrons. The molecule has 0 bridgehead atoms. The molecule has 0 unspecified atom stereocenters. The van der Waals surface area contributed by atoms with Gasteiger partial charge >= 0.3 is 0 Å². The van der Waals surface area contributed by atoms with E-state index in [4.69, 9.17) is 0 Å². The zero-order valence-corrected chi connectivity index (χ0v) is 8.07. The van der Waals surface area contributed by atoms with Crippen LogP contribution in [0, 0.1) is 6.07 Å². The van der Waals surface area contributed by atoms with Crippen LogP contribution in [0.3, 0.4) is 0 Å². The summed E-state index contributed by atoms with van der Waals surface area (Å²) in [7, 11) is 0. The van der Waals surface area contributed by atoms with Crippen LogP contribution in [-0.4, -0.2) is 0 Å². The molecule has 0 spiro atoms. The van der Waals surface area contributed by atoms with Crippen molar-refractivity contribution in [1.82, 2.24) is 0 Å². The Morgan fingerprint density at radius 3 is 2.31 bits per heavy atom. The van der Waals surface area contributed by atoms with Crippen molar-refractivity contribution in [2.24, 2.45) is 0 Å². The monoisotopic (exact) mass is 172 g/mol. The van der Waals surface area contributed by atoms with Gasteiger partial charge in [0.05, 0.1) is 5.69 Å². The SMILES string of the molecule is C/C=C\N(/C=C\C)c1[c]cccc1. The Labute approximate surface area is 80.0 Å². The second-order valence-corrected chi connectivity index (χ2v) is 2.62. The molecular formula is C12H14N.